The fourth-order valence-electron chi connectivity index (χ4n) is 2.86. The van der Waals surface area contributed by atoms with Crippen molar-refractivity contribution in [3.05, 3.63) is 18.2 Å². The third kappa shape index (κ3) is 2.53. The molecule has 0 aliphatic heterocycles. The molecule has 0 saturated heterocycles. The number of fused-ring (bicyclic) bond motifs is 1. The van der Waals surface area contributed by atoms with Crippen LogP contribution in [0.3, 0.4) is 0 Å². The van der Waals surface area contributed by atoms with Crippen molar-refractivity contribution >= 4 is 22.8 Å². The molecule has 1 saturated carbocycles. The molecule has 1 aliphatic carbocycles. The molecule has 0 amide bonds. The number of nitrogens with one attached hydrogen (secondary N) is 1. The maximum Gasteiger partial charge on any atom is 0.295 e. The fraction of sp³-hybridized carbons (Fsp3) is 0.533. The van der Waals surface area contributed by atoms with E-state index in [9.17, 15) is 0 Å². The number of benzene rings is 1. The van der Waals surface area contributed by atoms with Gasteiger partial charge in [-0.25, -0.2) is 0 Å². The predicted octanol–water partition coefficient (Wildman–Crippen LogP) is 3.65. The second-order valence-electron chi connectivity index (χ2n) is 5.86. The van der Waals surface area contributed by atoms with E-state index < -0.39 is 0 Å². The van der Waals surface area contributed by atoms with Gasteiger partial charge in [0.15, 0.2) is 5.58 Å². The van der Waals surface area contributed by atoms with Gasteiger partial charge in [-0.3, -0.25) is 0 Å². The van der Waals surface area contributed by atoms with Crippen LogP contribution >= 0.6 is 0 Å². The second-order valence-corrected chi connectivity index (χ2v) is 5.86. The third-order valence-corrected chi connectivity index (χ3v) is 4.34. The Morgan fingerprint density at radius 3 is 2.89 bits per heavy atom. The first-order valence-electron chi connectivity index (χ1n) is 7.04. The van der Waals surface area contributed by atoms with E-state index in [-0.39, 0.29) is 0 Å². The van der Waals surface area contributed by atoms with E-state index in [4.69, 9.17) is 10.2 Å². The van der Waals surface area contributed by atoms with Gasteiger partial charge in [0.05, 0.1) is 0 Å². The zero-order valence-electron chi connectivity index (χ0n) is 11.5. The zero-order chi connectivity index (χ0) is 13.4. The summed E-state index contributed by atoms with van der Waals surface area (Å²) in [6.45, 7) is 4.66. The average Bonchev–Trinajstić information content (AvgIpc) is 2.75. The van der Waals surface area contributed by atoms with Gasteiger partial charge in [-0.1, -0.05) is 13.8 Å². The summed E-state index contributed by atoms with van der Waals surface area (Å²) in [5.41, 5.74) is 8.05. The number of oxazole rings is 1. The number of rotatable bonds is 2. The molecule has 0 spiro atoms. The standard InChI is InChI=1S/C15H21N3O/c1-9-3-5-12(7-10(9)2)17-15-18-13-6-4-11(16)8-14(13)19-15/h4,6,8-10,12H,3,5,7,16H2,1-2H3,(H,17,18). The average molecular weight is 259 g/mol. The van der Waals surface area contributed by atoms with Gasteiger partial charge in [0, 0.05) is 17.8 Å². The highest BCUT2D eigenvalue weighted by Crippen LogP contribution is 2.31. The lowest BCUT2D eigenvalue weighted by Crippen LogP contribution is -2.30. The summed E-state index contributed by atoms with van der Waals surface area (Å²) in [4.78, 5) is 4.46. The number of nitrogen functional groups attached to an aromatic ring is 1. The molecule has 4 nitrogen and oxygen atoms in total. The van der Waals surface area contributed by atoms with Crippen molar-refractivity contribution in [2.75, 3.05) is 11.1 Å². The van der Waals surface area contributed by atoms with Crippen molar-refractivity contribution in [1.29, 1.82) is 0 Å². The molecule has 1 aromatic carbocycles. The Bertz CT molecular complexity index is 578. The summed E-state index contributed by atoms with van der Waals surface area (Å²) in [5, 5.41) is 3.42. The second kappa shape index (κ2) is 4.76. The molecular weight excluding hydrogens is 238 g/mol. The van der Waals surface area contributed by atoms with Crippen molar-refractivity contribution in [2.45, 2.75) is 39.2 Å². The first-order valence-corrected chi connectivity index (χ1v) is 7.04. The van der Waals surface area contributed by atoms with E-state index in [2.05, 4.69) is 24.1 Å². The third-order valence-electron chi connectivity index (χ3n) is 4.34. The topological polar surface area (TPSA) is 64.1 Å². The summed E-state index contributed by atoms with van der Waals surface area (Å²) in [7, 11) is 0. The molecule has 1 aromatic heterocycles. The lowest BCUT2D eigenvalue weighted by Gasteiger charge is -2.32. The SMILES string of the molecule is CC1CCC(Nc2nc3ccc(N)cc3o2)CC1C. The number of anilines is 2. The fourth-order valence-corrected chi connectivity index (χ4v) is 2.86. The molecule has 3 N–H and O–H groups in total. The molecule has 0 radical (unpaired) electrons. The Kier molecular flexibility index (Phi) is 3.09. The van der Waals surface area contributed by atoms with E-state index in [0.29, 0.717) is 17.7 Å². The molecule has 102 valence electrons. The first-order chi connectivity index (χ1) is 9.11. The number of aromatic nitrogens is 1. The monoisotopic (exact) mass is 259 g/mol. The molecule has 0 bridgehead atoms. The van der Waals surface area contributed by atoms with Crippen molar-refractivity contribution in [2.24, 2.45) is 11.8 Å². The van der Waals surface area contributed by atoms with Gasteiger partial charge < -0.3 is 15.5 Å². The van der Waals surface area contributed by atoms with Crippen LogP contribution in [-0.2, 0) is 0 Å². The Hall–Kier alpha value is -1.71. The van der Waals surface area contributed by atoms with Crippen LogP contribution in [0.15, 0.2) is 22.6 Å². The van der Waals surface area contributed by atoms with Crippen molar-refractivity contribution < 1.29 is 4.42 Å². The summed E-state index contributed by atoms with van der Waals surface area (Å²) in [5.74, 6) is 1.58. The minimum Gasteiger partial charge on any atom is -0.423 e. The maximum atomic E-state index is 5.74. The molecular formula is C15H21N3O. The summed E-state index contributed by atoms with van der Waals surface area (Å²) in [6.07, 6.45) is 3.64. The van der Waals surface area contributed by atoms with Crippen LogP contribution in [0.4, 0.5) is 11.7 Å². The Labute approximate surface area is 113 Å². The molecule has 1 heterocycles. The molecule has 3 unspecified atom stereocenters. The number of nitrogens with two attached hydrogens (primary N) is 1. The Balaban J connectivity index is 1.74. The Morgan fingerprint density at radius 2 is 2.11 bits per heavy atom. The molecule has 3 atom stereocenters. The van der Waals surface area contributed by atoms with Crippen LogP contribution in [0, 0.1) is 11.8 Å². The van der Waals surface area contributed by atoms with E-state index >= 15 is 0 Å². The normalized spacial score (nSPS) is 27.6. The van der Waals surface area contributed by atoms with Crippen LogP contribution in [0.2, 0.25) is 0 Å². The van der Waals surface area contributed by atoms with Crippen LogP contribution in [0.25, 0.3) is 11.1 Å². The summed E-state index contributed by atoms with van der Waals surface area (Å²) in [6, 6.07) is 6.65. The minimum atomic E-state index is 0.469. The molecule has 1 fully saturated rings. The van der Waals surface area contributed by atoms with Crippen molar-refractivity contribution in [3.63, 3.8) is 0 Å². The van der Waals surface area contributed by atoms with E-state index in [1.54, 1.807) is 0 Å². The maximum absolute atomic E-state index is 5.74. The van der Waals surface area contributed by atoms with Gasteiger partial charge >= 0.3 is 0 Å². The minimum absolute atomic E-state index is 0.469. The van der Waals surface area contributed by atoms with Crippen molar-refractivity contribution in [3.8, 4) is 0 Å². The number of hydrogen-bond acceptors (Lipinski definition) is 4. The van der Waals surface area contributed by atoms with Crippen molar-refractivity contribution in [1.82, 2.24) is 4.98 Å². The van der Waals surface area contributed by atoms with Crippen LogP contribution < -0.4 is 11.1 Å². The summed E-state index contributed by atoms with van der Waals surface area (Å²) >= 11 is 0. The quantitative estimate of drug-likeness (QED) is 0.808. The Morgan fingerprint density at radius 1 is 1.26 bits per heavy atom. The number of hydrogen-bond donors (Lipinski definition) is 2. The molecule has 2 aromatic rings. The lowest BCUT2D eigenvalue weighted by atomic mass is 9.79. The van der Waals surface area contributed by atoms with Crippen LogP contribution in [0.1, 0.15) is 33.1 Å². The van der Waals surface area contributed by atoms with E-state index in [1.165, 1.54) is 19.3 Å². The van der Waals surface area contributed by atoms with Crippen LogP contribution in [-0.4, -0.2) is 11.0 Å². The van der Waals surface area contributed by atoms with Gasteiger partial charge in [-0.2, -0.15) is 4.98 Å². The predicted molar refractivity (Wildman–Crippen MR) is 78.0 cm³/mol. The smallest absolute Gasteiger partial charge is 0.295 e. The van der Waals surface area contributed by atoms with E-state index in [1.807, 2.05) is 18.2 Å². The zero-order valence-corrected chi connectivity index (χ0v) is 11.5. The van der Waals surface area contributed by atoms with Gasteiger partial charge in [-0.05, 0) is 43.2 Å². The first kappa shape index (κ1) is 12.3. The van der Waals surface area contributed by atoms with E-state index in [0.717, 1.165) is 22.9 Å². The molecule has 4 heteroatoms. The van der Waals surface area contributed by atoms with Gasteiger partial charge in [0.1, 0.15) is 5.52 Å². The highest BCUT2D eigenvalue weighted by Gasteiger charge is 2.25. The largest absolute Gasteiger partial charge is 0.423 e. The number of nitrogens with zero attached hydrogens (tertiary/aromatic N) is 1. The summed E-state index contributed by atoms with van der Waals surface area (Å²) < 4.78 is 5.71. The lowest BCUT2D eigenvalue weighted by molar-refractivity contribution is 0.259. The van der Waals surface area contributed by atoms with Crippen LogP contribution in [0.5, 0.6) is 0 Å². The molecule has 19 heavy (non-hydrogen) atoms. The van der Waals surface area contributed by atoms with Gasteiger partial charge in [0.2, 0.25) is 0 Å². The highest BCUT2D eigenvalue weighted by atomic mass is 16.4. The van der Waals surface area contributed by atoms with Gasteiger partial charge in [0.25, 0.3) is 6.01 Å². The molecule has 3 rings (SSSR count). The molecule has 1 aliphatic rings. The highest BCUT2D eigenvalue weighted by molar-refractivity contribution is 5.78. The van der Waals surface area contributed by atoms with Gasteiger partial charge in [-0.15, -0.1) is 0 Å².